The highest BCUT2D eigenvalue weighted by molar-refractivity contribution is 5.78. The lowest BCUT2D eigenvalue weighted by Gasteiger charge is -2.17. The second-order valence-electron chi connectivity index (χ2n) is 4.92. The van der Waals surface area contributed by atoms with Gasteiger partial charge in [-0.3, -0.25) is 14.9 Å². The topological polar surface area (TPSA) is 127 Å². The summed E-state index contributed by atoms with van der Waals surface area (Å²) >= 11 is 0. The summed E-state index contributed by atoms with van der Waals surface area (Å²) < 4.78 is 0. The number of nitrogens with zero attached hydrogens (tertiary/aromatic N) is 4. The maximum Gasteiger partial charge on any atom is 0.329 e. The summed E-state index contributed by atoms with van der Waals surface area (Å²) in [6, 6.07) is 0. The Labute approximate surface area is 121 Å². The molecule has 0 aliphatic carbocycles. The Bertz CT molecular complexity index is 550. The maximum atomic E-state index is 11.2. The first-order valence-corrected chi connectivity index (χ1v) is 6.82. The molecule has 1 aliphatic heterocycles. The number of rotatable bonds is 6. The van der Waals surface area contributed by atoms with Crippen LogP contribution in [0.5, 0.6) is 0 Å². The molecule has 1 fully saturated rings. The van der Waals surface area contributed by atoms with Crippen molar-refractivity contribution in [1.29, 1.82) is 0 Å². The third-order valence-corrected chi connectivity index (χ3v) is 3.37. The van der Waals surface area contributed by atoms with Crippen LogP contribution >= 0.6 is 0 Å². The molecule has 3 N–H and O–H groups in total. The Morgan fingerprint density at radius 3 is 3.00 bits per heavy atom. The molecular weight excluding hydrogens is 276 g/mol. The quantitative estimate of drug-likeness (QED) is 0.578. The first-order chi connectivity index (χ1) is 10.0. The summed E-state index contributed by atoms with van der Waals surface area (Å²) in [6.07, 6.45) is 2.66. The summed E-state index contributed by atoms with van der Waals surface area (Å²) in [5.74, 6) is -0.109. The molecule has 2 heterocycles. The normalized spacial score (nSPS) is 17.8. The van der Waals surface area contributed by atoms with Crippen LogP contribution in [0.15, 0.2) is 6.20 Å². The number of amides is 1. The van der Waals surface area contributed by atoms with Crippen molar-refractivity contribution >= 4 is 23.4 Å². The molecule has 0 aromatic carbocycles. The lowest BCUT2D eigenvalue weighted by molar-refractivity contribution is -0.384. The molecule has 0 radical (unpaired) electrons. The van der Waals surface area contributed by atoms with Crippen molar-refractivity contribution in [2.24, 2.45) is 11.7 Å². The molecule has 1 amide bonds. The number of aromatic nitrogens is 2. The van der Waals surface area contributed by atoms with Gasteiger partial charge >= 0.3 is 5.69 Å². The zero-order valence-electron chi connectivity index (χ0n) is 11.8. The van der Waals surface area contributed by atoms with Crippen LogP contribution in [0.2, 0.25) is 0 Å². The molecule has 1 aromatic rings. The number of nitro groups is 1. The second-order valence-corrected chi connectivity index (χ2v) is 4.92. The van der Waals surface area contributed by atoms with E-state index in [4.69, 9.17) is 5.73 Å². The van der Waals surface area contributed by atoms with Gasteiger partial charge in [0.05, 0.1) is 10.8 Å². The van der Waals surface area contributed by atoms with Crippen LogP contribution in [-0.4, -0.2) is 40.4 Å². The summed E-state index contributed by atoms with van der Waals surface area (Å²) in [6.45, 7) is 3.54. The SMILES string of the molecule is CCCNc1ncc([N+](=O)[O-])c(N2CCC(C(N)=O)C2)n1. The Balaban J connectivity index is 2.26. The maximum absolute atomic E-state index is 11.2. The van der Waals surface area contributed by atoms with Gasteiger partial charge in [-0.05, 0) is 12.8 Å². The minimum Gasteiger partial charge on any atom is -0.369 e. The molecule has 2 rings (SSSR count). The molecule has 9 heteroatoms. The molecule has 0 saturated carbocycles. The Kier molecular flexibility index (Phi) is 4.51. The number of carbonyl (C=O) groups is 1. The average Bonchev–Trinajstić information content (AvgIpc) is 2.94. The van der Waals surface area contributed by atoms with E-state index in [1.54, 1.807) is 4.90 Å². The highest BCUT2D eigenvalue weighted by Gasteiger charge is 2.32. The summed E-state index contributed by atoms with van der Waals surface area (Å²) in [4.78, 5) is 31.7. The second kappa shape index (κ2) is 6.33. The molecule has 1 saturated heterocycles. The fraction of sp³-hybridized carbons (Fsp3) is 0.583. The highest BCUT2D eigenvalue weighted by Crippen LogP contribution is 2.30. The fourth-order valence-electron chi connectivity index (χ4n) is 2.23. The van der Waals surface area contributed by atoms with Crippen molar-refractivity contribution in [2.45, 2.75) is 19.8 Å². The van der Waals surface area contributed by atoms with E-state index in [0.29, 0.717) is 32.0 Å². The average molecular weight is 294 g/mol. The van der Waals surface area contributed by atoms with Crippen LogP contribution in [0.25, 0.3) is 0 Å². The number of anilines is 2. The van der Waals surface area contributed by atoms with Gasteiger partial charge in [-0.25, -0.2) is 4.98 Å². The van der Waals surface area contributed by atoms with E-state index in [0.717, 1.165) is 6.42 Å². The van der Waals surface area contributed by atoms with Crippen LogP contribution in [0.1, 0.15) is 19.8 Å². The summed E-state index contributed by atoms with van der Waals surface area (Å²) in [5.41, 5.74) is 5.12. The van der Waals surface area contributed by atoms with E-state index in [1.165, 1.54) is 6.20 Å². The van der Waals surface area contributed by atoms with Gasteiger partial charge in [0.1, 0.15) is 6.20 Å². The minimum absolute atomic E-state index is 0.165. The van der Waals surface area contributed by atoms with Crippen molar-refractivity contribution in [3.8, 4) is 0 Å². The first-order valence-electron chi connectivity index (χ1n) is 6.82. The lowest BCUT2D eigenvalue weighted by atomic mass is 10.1. The minimum atomic E-state index is -0.517. The van der Waals surface area contributed by atoms with E-state index in [2.05, 4.69) is 15.3 Å². The zero-order chi connectivity index (χ0) is 15.4. The van der Waals surface area contributed by atoms with Crippen LogP contribution in [0.4, 0.5) is 17.5 Å². The third kappa shape index (κ3) is 3.36. The van der Waals surface area contributed by atoms with E-state index >= 15 is 0 Å². The highest BCUT2D eigenvalue weighted by atomic mass is 16.6. The van der Waals surface area contributed by atoms with Gasteiger partial charge < -0.3 is 16.0 Å². The molecule has 0 bridgehead atoms. The number of hydrogen-bond donors (Lipinski definition) is 2. The van der Waals surface area contributed by atoms with Gasteiger partial charge in [0.2, 0.25) is 17.7 Å². The summed E-state index contributed by atoms with van der Waals surface area (Å²) in [7, 11) is 0. The van der Waals surface area contributed by atoms with Gasteiger partial charge in [-0.15, -0.1) is 0 Å². The molecular formula is C12H18N6O3. The molecule has 1 aromatic heterocycles. The third-order valence-electron chi connectivity index (χ3n) is 3.37. The first kappa shape index (κ1) is 14.9. The molecule has 21 heavy (non-hydrogen) atoms. The zero-order valence-corrected chi connectivity index (χ0v) is 11.8. The fourth-order valence-corrected chi connectivity index (χ4v) is 2.23. The van der Waals surface area contributed by atoms with E-state index in [1.807, 2.05) is 6.92 Å². The standard InChI is InChI=1S/C12H18N6O3/c1-2-4-14-12-15-6-9(18(20)21)11(16-12)17-5-3-8(7-17)10(13)19/h6,8H,2-5,7H2,1H3,(H2,13,19)(H,14,15,16). The van der Waals surface area contributed by atoms with Crippen molar-refractivity contribution in [3.63, 3.8) is 0 Å². The summed E-state index contributed by atoms with van der Waals surface area (Å²) in [5, 5.41) is 14.1. The molecule has 1 aliphatic rings. The van der Waals surface area contributed by atoms with Crippen molar-refractivity contribution < 1.29 is 9.72 Å². The van der Waals surface area contributed by atoms with E-state index in [9.17, 15) is 14.9 Å². The largest absolute Gasteiger partial charge is 0.369 e. The van der Waals surface area contributed by atoms with Gasteiger partial charge in [0.25, 0.3) is 0 Å². The van der Waals surface area contributed by atoms with E-state index in [-0.39, 0.29) is 17.4 Å². The number of carbonyl (C=O) groups excluding carboxylic acids is 1. The van der Waals surface area contributed by atoms with Crippen LogP contribution in [0.3, 0.4) is 0 Å². The molecule has 0 spiro atoms. The lowest BCUT2D eigenvalue weighted by Crippen LogP contribution is -2.28. The van der Waals surface area contributed by atoms with Crippen molar-refractivity contribution in [3.05, 3.63) is 16.3 Å². The predicted octanol–water partition coefficient (Wildman–Crippen LogP) is 0.518. The van der Waals surface area contributed by atoms with Crippen LogP contribution in [-0.2, 0) is 4.79 Å². The van der Waals surface area contributed by atoms with Gasteiger partial charge in [0, 0.05) is 19.6 Å². The predicted molar refractivity (Wildman–Crippen MR) is 77.0 cm³/mol. The van der Waals surface area contributed by atoms with Gasteiger partial charge in [-0.1, -0.05) is 6.92 Å². The molecule has 1 atom stereocenters. The Morgan fingerprint density at radius 1 is 1.67 bits per heavy atom. The molecule has 114 valence electrons. The van der Waals surface area contributed by atoms with Crippen LogP contribution < -0.4 is 16.0 Å². The molecule has 9 nitrogen and oxygen atoms in total. The van der Waals surface area contributed by atoms with E-state index < -0.39 is 10.8 Å². The number of hydrogen-bond acceptors (Lipinski definition) is 7. The number of nitrogens with two attached hydrogens (primary N) is 1. The smallest absolute Gasteiger partial charge is 0.329 e. The monoisotopic (exact) mass is 294 g/mol. The molecule has 1 unspecified atom stereocenters. The number of nitrogens with one attached hydrogen (secondary N) is 1. The van der Waals surface area contributed by atoms with Gasteiger partial charge in [0.15, 0.2) is 0 Å². The van der Waals surface area contributed by atoms with Crippen molar-refractivity contribution in [1.82, 2.24) is 9.97 Å². The Morgan fingerprint density at radius 2 is 2.43 bits per heavy atom. The number of primary amides is 1. The van der Waals surface area contributed by atoms with Gasteiger partial charge in [-0.2, -0.15) is 4.98 Å². The van der Waals surface area contributed by atoms with Crippen molar-refractivity contribution in [2.75, 3.05) is 29.9 Å². The Hall–Kier alpha value is -2.45. The van der Waals surface area contributed by atoms with Crippen LogP contribution in [0, 0.1) is 16.0 Å².